The van der Waals surface area contributed by atoms with E-state index in [1.807, 2.05) is 49.4 Å². The maximum absolute atomic E-state index is 6.25. The highest BCUT2D eigenvalue weighted by molar-refractivity contribution is 6.35. The van der Waals surface area contributed by atoms with Gasteiger partial charge in [-0.05, 0) is 67.4 Å². The summed E-state index contributed by atoms with van der Waals surface area (Å²) < 4.78 is 22.5. The SMILES string of the molecule is CCOc1cc(CNCCc2ccc(OC)c(OC)c2)ccc1OCc1c(Cl)cccc1Cl. The molecule has 0 amide bonds. The normalized spacial score (nSPS) is 10.7. The van der Waals surface area contributed by atoms with Gasteiger partial charge in [0.1, 0.15) is 6.61 Å². The zero-order valence-electron chi connectivity index (χ0n) is 19.1. The van der Waals surface area contributed by atoms with Crippen LogP contribution in [-0.4, -0.2) is 27.4 Å². The molecule has 176 valence electrons. The van der Waals surface area contributed by atoms with Crippen molar-refractivity contribution in [2.45, 2.75) is 26.5 Å². The van der Waals surface area contributed by atoms with Crippen LogP contribution in [0.15, 0.2) is 54.6 Å². The monoisotopic (exact) mass is 489 g/mol. The largest absolute Gasteiger partial charge is 0.493 e. The molecule has 33 heavy (non-hydrogen) atoms. The second-order valence-corrected chi connectivity index (χ2v) is 8.13. The third-order valence-electron chi connectivity index (χ3n) is 5.11. The molecule has 0 aliphatic carbocycles. The van der Waals surface area contributed by atoms with Gasteiger partial charge in [0.15, 0.2) is 23.0 Å². The van der Waals surface area contributed by atoms with Crippen LogP contribution in [0.25, 0.3) is 0 Å². The van der Waals surface area contributed by atoms with Crippen molar-refractivity contribution in [2.24, 2.45) is 0 Å². The molecule has 0 saturated carbocycles. The molecule has 3 aromatic carbocycles. The maximum atomic E-state index is 6.25. The van der Waals surface area contributed by atoms with E-state index >= 15 is 0 Å². The van der Waals surface area contributed by atoms with Gasteiger partial charge in [0.25, 0.3) is 0 Å². The molecule has 3 rings (SSSR count). The van der Waals surface area contributed by atoms with E-state index in [0.717, 1.165) is 35.6 Å². The number of hydrogen-bond acceptors (Lipinski definition) is 5. The van der Waals surface area contributed by atoms with Gasteiger partial charge in [-0.1, -0.05) is 41.4 Å². The Bertz CT molecular complexity index is 1040. The maximum Gasteiger partial charge on any atom is 0.161 e. The van der Waals surface area contributed by atoms with Crippen LogP contribution in [0.2, 0.25) is 10.0 Å². The quantitative estimate of drug-likeness (QED) is 0.301. The van der Waals surface area contributed by atoms with E-state index in [-0.39, 0.29) is 6.61 Å². The molecule has 0 unspecified atom stereocenters. The summed E-state index contributed by atoms with van der Waals surface area (Å²) in [6.45, 7) is 4.29. The molecular formula is C26H29Cl2NO4. The zero-order valence-corrected chi connectivity index (χ0v) is 20.6. The van der Waals surface area contributed by atoms with Crippen molar-refractivity contribution in [2.75, 3.05) is 27.4 Å². The molecule has 5 nitrogen and oxygen atoms in total. The Kier molecular flexibility index (Phi) is 9.55. The first kappa shape index (κ1) is 25.0. The topological polar surface area (TPSA) is 49.0 Å². The fourth-order valence-electron chi connectivity index (χ4n) is 3.37. The van der Waals surface area contributed by atoms with Crippen LogP contribution in [-0.2, 0) is 19.6 Å². The van der Waals surface area contributed by atoms with E-state index < -0.39 is 0 Å². The molecule has 0 aliphatic heterocycles. The van der Waals surface area contributed by atoms with Crippen LogP contribution >= 0.6 is 23.2 Å². The first-order chi connectivity index (χ1) is 16.0. The third-order valence-corrected chi connectivity index (χ3v) is 5.82. The lowest BCUT2D eigenvalue weighted by atomic mass is 10.1. The molecule has 0 radical (unpaired) electrons. The van der Waals surface area contributed by atoms with Gasteiger partial charge in [-0.25, -0.2) is 0 Å². The lowest BCUT2D eigenvalue weighted by molar-refractivity contribution is 0.269. The molecule has 0 bridgehead atoms. The van der Waals surface area contributed by atoms with Gasteiger partial charge >= 0.3 is 0 Å². The number of nitrogens with one attached hydrogen (secondary N) is 1. The second kappa shape index (κ2) is 12.6. The van der Waals surface area contributed by atoms with Gasteiger partial charge < -0.3 is 24.3 Å². The number of methoxy groups -OCH3 is 2. The van der Waals surface area contributed by atoms with E-state index in [4.69, 9.17) is 42.1 Å². The van der Waals surface area contributed by atoms with Gasteiger partial charge in [0.05, 0.1) is 20.8 Å². The van der Waals surface area contributed by atoms with E-state index in [2.05, 4.69) is 5.32 Å². The Morgan fingerprint density at radius 1 is 0.758 bits per heavy atom. The Morgan fingerprint density at radius 2 is 1.42 bits per heavy atom. The highest BCUT2D eigenvalue weighted by Crippen LogP contribution is 2.32. The fourth-order valence-corrected chi connectivity index (χ4v) is 3.88. The van der Waals surface area contributed by atoms with Crippen molar-refractivity contribution in [3.63, 3.8) is 0 Å². The van der Waals surface area contributed by atoms with Crippen molar-refractivity contribution in [3.05, 3.63) is 81.3 Å². The minimum absolute atomic E-state index is 0.265. The standard InChI is InChI=1S/C26H29Cl2NO4/c1-4-32-26-15-19(9-11-24(26)33-17-20-21(27)6-5-7-22(20)28)16-29-13-12-18-8-10-23(30-2)25(14-18)31-3/h5-11,14-15,29H,4,12-13,16-17H2,1-3H3. The summed E-state index contributed by atoms with van der Waals surface area (Å²) in [7, 11) is 3.28. The Hall–Kier alpha value is -2.60. The van der Waals surface area contributed by atoms with E-state index in [1.54, 1.807) is 26.4 Å². The van der Waals surface area contributed by atoms with Gasteiger partial charge in [-0.15, -0.1) is 0 Å². The van der Waals surface area contributed by atoms with Crippen molar-refractivity contribution < 1.29 is 18.9 Å². The summed E-state index contributed by atoms with van der Waals surface area (Å²) in [5.41, 5.74) is 3.04. The Labute approximate surface area is 205 Å². The minimum atomic E-state index is 0.265. The van der Waals surface area contributed by atoms with Crippen LogP contribution < -0.4 is 24.3 Å². The molecule has 1 N–H and O–H groups in total. The van der Waals surface area contributed by atoms with Crippen LogP contribution in [0, 0.1) is 0 Å². The predicted octanol–water partition coefficient (Wildman–Crippen LogP) is 6.32. The molecule has 0 aliphatic rings. The Morgan fingerprint density at radius 3 is 2.12 bits per heavy atom. The first-order valence-corrected chi connectivity index (χ1v) is 11.5. The van der Waals surface area contributed by atoms with Crippen molar-refractivity contribution in [3.8, 4) is 23.0 Å². The third kappa shape index (κ3) is 6.94. The van der Waals surface area contributed by atoms with Gasteiger partial charge in [-0.2, -0.15) is 0 Å². The van der Waals surface area contributed by atoms with E-state index in [1.165, 1.54) is 5.56 Å². The van der Waals surface area contributed by atoms with E-state index in [9.17, 15) is 0 Å². The zero-order chi connectivity index (χ0) is 23.6. The smallest absolute Gasteiger partial charge is 0.161 e. The van der Waals surface area contributed by atoms with Crippen LogP contribution in [0.3, 0.4) is 0 Å². The summed E-state index contributed by atoms with van der Waals surface area (Å²) in [6, 6.07) is 17.3. The second-order valence-electron chi connectivity index (χ2n) is 7.32. The lowest BCUT2D eigenvalue weighted by Gasteiger charge is -2.15. The van der Waals surface area contributed by atoms with Crippen LogP contribution in [0.1, 0.15) is 23.6 Å². The molecule has 0 saturated heterocycles. The van der Waals surface area contributed by atoms with Gasteiger partial charge in [-0.3, -0.25) is 0 Å². The van der Waals surface area contributed by atoms with Crippen molar-refractivity contribution in [1.29, 1.82) is 0 Å². The molecule has 0 aromatic heterocycles. The van der Waals surface area contributed by atoms with Crippen molar-refractivity contribution >= 4 is 23.2 Å². The average molecular weight is 490 g/mol. The number of halogens is 2. The highest BCUT2D eigenvalue weighted by atomic mass is 35.5. The molecule has 0 atom stereocenters. The lowest BCUT2D eigenvalue weighted by Crippen LogP contribution is -2.16. The summed E-state index contributed by atoms with van der Waals surface area (Å²) in [6.07, 6.45) is 0.873. The van der Waals surface area contributed by atoms with Crippen LogP contribution in [0.4, 0.5) is 0 Å². The van der Waals surface area contributed by atoms with Gasteiger partial charge in [0, 0.05) is 22.2 Å². The fraction of sp³-hybridized carbons (Fsp3) is 0.308. The number of rotatable bonds is 12. The van der Waals surface area contributed by atoms with Crippen molar-refractivity contribution in [1.82, 2.24) is 5.32 Å². The number of ether oxygens (including phenoxy) is 4. The number of hydrogen-bond donors (Lipinski definition) is 1. The summed E-state index contributed by atoms with van der Waals surface area (Å²) in [4.78, 5) is 0. The van der Waals surface area contributed by atoms with E-state index in [0.29, 0.717) is 34.7 Å². The first-order valence-electron chi connectivity index (χ1n) is 10.8. The molecule has 0 spiro atoms. The summed E-state index contributed by atoms with van der Waals surface area (Å²) in [5, 5.41) is 4.63. The molecule has 3 aromatic rings. The number of benzene rings is 3. The summed E-state index contributed by atoms with van der Waals surface area (Å²) in [5.74, 6) is 2.82. The molecular weight excluding hydrogens is 461 g/mol. The minimum Gasteiger partial charge on any atom is -0.493 e. The molecule has 0 heterocycles. The molecule has 0 fully saturated rings. The highest BCUT2D eigenvalue weighted by Gasteiger charge is 2.11. The summed E-state index contributed by atoms with van der Waals surface area (Å²) >= 11 is 12.5. The predicted molar refractivity (Wildman–Crippen MR) is 133 cm³/mol. The van der Waals surface area contributed by atoms with Gasteiger partial charge in [0.2, 0.25) is 0 Å². The molecule has 7 heteroatoms. The Balaban J connectivity index is 1.57. The average Bonchev–Trinajstić information content (AvgIpc) is 2.82. The van der Waals surface area contributed by atoms with Crippen LogP contribution in [0.5, 0.6) is 23.0 Å².